The van der Waals surface area contributed by atoms with Gasteiger partial charge in [0.2, 0.25) is 5.91 Å². The summed E-state index contributed by atoms with van der Waals surface area (Å²) in [4.78, 5) is 12.8. The van der Waals surface area contributed by atoms with E-state index in [1.807, 2.05) is 0 Å². The third-order valence-electron chi connectivity index (χ3n) is 6.06. The minimum atomic E-state index is 0.120. The smallest absolute Gasteiger partial charge is 0.224 e. The van der Waals surface area contributed by atoms with Crippen molar-refractivity contribution < 1.29 is 4.79 Å². The van der Waals surface area contributed by atoms with Crippen molar-refractivity contribution in [2.75, 3.05) is 0 Å². The van der Waals surface area contributed by atoms with Gasteiger partial charge in [-0.15, -0.1) is 0 Å². The largest absolute Gasteiger partial charge is 0.353 e. The zero-order chi connectivity index (χ0) is 16.7. The molecule has 0 spiro atoms. The summed E-state index contributed by atoms with van der Waals surface area (Å²) in [5, 5.41) is 3.43. The highest BCUT2D eigenvalue weighted by molar-refractivity contribution is 5.84. The van der Waals surface area contributed by atoms with Gasteiger partial charge in [0.25, 0.3) is 0 Å². The summed E-state index contributed by atoms with van der Waals surface area (Å²) in [5.74, 6) is 2.89. The topological polar surface area (TPSA) is 29.1 Å². The van der Waals surface area contributed by atoms with Crippen LogP contribution in [0.25, 0.3) is 0 Å². The number of hydrogen-bond acceptors (Lipinski definition) is 1. The van der Waals surface area contributed by atoms with E-state index >= 15 is 0 Å². The van der Waals surface area contributed by atoms with Crippen LogP contribution < -0.4 is 5.32 Å². The number of amides is 1. The molecule has 0 radical (unpaired) electrons. The second-order valence-electron chi connectivity index (χ2n) is 9.01. The third kappa shape index (κ3) is 3.58. The molecule has 2 fully saturated rings. The molecule has 0 saturated heterocycles. The standard InChI is InChI=1S/C20H35NO/c1-12(2)10-16-18(20(16,6)7)19(22)21-17-11-14(5)8-9-15(17)13(3)4/h10,13-18H,8-9,11H2,1-7H3,(H,21,22)/t14-,15+,16-,17+,18+/m1/s1. The zero-order valence-electron chi connectivity index (χ0n) is 15.6. The van der Waals surface area contributed by atoms with E-state index < -0.39 is 0 Å². The Balaban J connectivity index is 2.03. The van der Waals surface area contributed by atoms with Crippen LogP contribution in [0.2, 0.25) is 0 Å². The molecule has 0 bridgehead atoms. The molecule has 2 aliphatic carbocycles. The van der Waals surface area contributed by atoms with Crippen molar-refractivity contribution in [3.63, 3.8) is 0 Å². The normalized spacial score (nSPS) is 36.8. The SMILES string of the molecule is CC(C)=C[C@@H]1[C@@H](C(=O)N[C@H]2C[C@H](C)CC[C@H]2C(C)C)C1(C)C. The average molecular weight is 306 g/mol. The van der Waals surface area contributed by atoms with Crippen molar-refractivity contribution in [1.82, 2.24) is 5.32 Å². The van der Waals surface area contributed by atoms with Gasteiger partial charge in [-0.1, -0.05) is 52.7 Å². The van der Waals surface area contributed by atoms with Crippen LogP contribution in [0.15, 0.2) is 11.6 Å². The van der Waals surface area contributed by atoms with E-state index in [0.29, 0.717) is 23.8 Å². The molecule has 2 heteroatoms. The van der Waals surface area contributed by atoms with E-state index in [0.717, 1.165) is 12.3 Å². The molecule has 0 unspecified atom stereocenters. The van der Waals surface area contributed by atoms with Crippen LogP contribution >= 0.6 is 0 Å². The number of rotatable bonds is 4. The Morgan fingerprint density at radius 3 is 2.41 bits per heavy atom. The van der Waals surface area contributed by atoms with Crippen LogP contribution in [-0.2, 0) is 4.79 Å². The Bertz CT molecular complexity index is 445. The highest BCUT2D eigenvalue weighted by Crippen LogP contribution is 2.59. The minimum absolute atomic E-state index is 0.120. The van der Waals surface area contributed by atoms with Gasteiger partial charge >= 0.3 is 0 Å². The van der Waals surface area contributed by atoms with Crippen LogP contribution in [0, 0.1) is 35.0 Å². The van der Waals surface area contributed by atoms with Gasteiger partial charge in [-0.2, -0.15) is 0 Å². The average Bonchev–Trinajstić information content (AvgIpc) is 2.89. The Morgan fingerprint density at radius 2 is 1.86 bits per heavy atom. The molecule has 0 aliphatic heterocycles. The highest BCUT2D eigenvalue weighted by atomic mass is 16.2. The van der Waals surface area contributed by atoms with Gasteiger partial charge in [-0.05, 0) is 55.8 Å². The Kier molecular flexibility index (Phi) is 5.09. The number of carbonyl (C=O) groups excluding carboxylic acids is 1. The molecule has 126 valence electrons. The summed E-state index contributed by atoms with van der Waals surface area (Å²) < 4.78 is 0. The lowest BCUT2D eigenvalue weighted by Crippen LogP contribution is -2.46. The van der Waals surface area contributed by atoms with Crippen LogP contribution in [-0.4, -0.2) is 11.9 Å². The molecule has 0 aromatic rings. The van der Waals surface area contributed by atoms with E-state index in [1.54, 1.807) is 0 Å². The van der Waals surface area contributed by atoms with Crippen molar-refractivity contribution in [3.05, 3.63) is 11.6 Å². The van der Waals surface area contributed by atoms with Gasteiger partial charge in [-0.3, -0.25) is 4.79 Å². The Labute approximate surface area is 137 Å². The second-order valence-corrected chi connectivity index (χ2v) is 9.01. The Hall–Kier alpha value is -0.790. The first-order valence-electron chi connectivity index (χ1n) is 9.10. The molecule has 22 heavy (non-hydrogen) atoms. The summed E-state index contributed by atoms with van der Waals surface area (Å²) in [5.41, 5.74) is 1.44. The first-order chi connectivity index (χ1) is 10.1. The predicted octanol–water partition coefficient (Wildman–Crippen LogP) is 4.80. The predicted molar refractivity (Wildman–Crippen MR) is 93.5 cm³/mol. The molecule has 1 N–H and O–H groups in total. The maximum absolute atomic E-state index is 12.8. The molecule has 2 aliphatic rings. The summed E-state index contributed by atoms with van der Waals surface area (Å²) in [7, 11) is 0. The van der Waals surface area contributed by atoms with Gasteiger partial charge in [0.15, 0.2) is 0 Å². The molecular weight excluding hydrogens is 270 g/mol. The van der Waals surface area contributed by atoms with Crippen LogP contribution in [0.1, 0.15) is 67.7 Å². The molecule has 0 heterocycles. The van der Waals surface area contributed by atoms with E-state index in [1.165, 1.54) is 18.4 Å². The van der Waals surface area contributed by atoms with Gasteiger partial charge < -0.3 is 5.32 Å². The zero-order valence-corrected chi connectivity index (χ0v) is 15.6. The van der Waals surface area contributed by atoms with Crippen molar-refractivity contribution >= 4 is 5.91 Å². The summed E-state index contributed by atoms with van der Waals surface area (Å²) in [6.07, 6.45) is 6.00. The van der Waals surface area contributed by atoms with Crippen LogP contribution in [0.5, 0.6) is 0 Å². The molecular formula is C20H35NO. The third-order valence-corrected chi connectivity index (χ3v) is 6.06. The van der Waals surface area contributed by atoms with E-state index in [4.69, 9.17) is 0 Å². The van der Waals surface area contributed by atoms with Crippen molar-refractivity contribution in [2.45, 2.75) is 73.8 Å². The van der Waals surface area contributed by atoms with E-state index in [-0.39, 0.29) is 17.2 Å². The number of carbonyl (C=O) groups is 1. The number of hydrogen-bond donors (Lipinski definition) is 1. The molecule has 0 aromatic carbocycles. The first-order valence-corrected chi connectivity index (χ1v) is 9.10. The monoisotopic (exact) mass is 305 g/mol. The lowest BCUT2D eigenvalue weighted by Gasteiger charge is -2.38. The minimum Gasteiger partial charge on any atom is -0.353 e. The quantitative estimate of drug-likeness (QED) is 0.743. The molecule has 1 amide bonds. The highest BCUT2D eigenvalue weighted by Gasteiger charge is 2.60. The summed E-state index contributed by atoms with van der Waals surface area (Å²) in [6, 6.07) is 0.375. The lowest BCUT2D eigenvalue weighted by atomic mass is 9.74. The Morgan fingerprint density at radius 1 is 1.23 bits per heavy atom. The van der Waals surface area contributed by atoms with Crippen molar-refractivity contribution in [2.24, 2.45) is 35.0 Å². The van der Waals surface area contributed by atoms with Gasteiger partial charge in [0.1, 0.15) is 0 Å². The lowest BCUT2D eigenvalue weighted by molar-refractivity contribution is -0.124. The fourth-order valence-corrected chi connectivity index (χ4v) is 4.49. The second kappa shape index (κ2) is 6.37. The van der Waals surface area contributed by atoms with E-state index in [9.17, 15) is 4.79 Å². The van der Waals surface area contributed by atoms with Crippen molar-refractivity contribution in [3.8, 4) is 0 Å². The fraction of sp³-hybridized carbons (Fsp3) is 0.850. The van der Waals surface area contributed by atoms with Gasteiger partial charge in [-0.25, -0.2) is 0 Å². The number of allylic oxidation sites excluding steroid dienone is 2. The van der Waals surface area contributed by atoms with Crippen LogP contribution in [0.4, 0.5) is 0 Å². The van der Waals surface area contributed by atoms with Gasteiger partial charge in [0.05, 0.1) is 5.92 Å². The molecule has 2 saturated carbocycles. The first kappa shape index (κ1) is 17.6. The summed E-state index contributed by atoms with van der Waals surface area (Å²) in [6.45, 7) is 15.6. The molecule has 5 atom stereocenters. The fourth-order valence-electron chi connectivity index (χ4n) is 4.49. The van der Waals surface area contributed by atoms with Crippen molar-refractivity contribution in [1.29, 1.82) is 0 Å². The number of nitrogens with one attached hydrogen (secondary N) is 1. The van der Waals surface area contributed by atoms with Crippen LogP contribution in [0.3, 0.4) is 0 Å². The maximum atomic E-state index is 12.8. The molecule has 2 rings (SSSR count). The summed E-state index contributed by atoms with van der Waals surface area (Å²) >= 11 is 0. The van der Waals surface area contributed by atoms with Gasteiger partial charge in [0, 0.05) is 6.04 Å². The molecule has 0 aromatic heterocycles. The molecule has 2 nitrogen and oxygen atoms in total. The maximum Gasteiger partial charge on any atom is 0.224 e. The van der Waals surface area contributed by atoms with E-state index in [2.05, 4.69) is 59.9 Å².